The van der Waals surface area contributed by atoms with E-state index in [2.05, 4.69) is 4.98 Å². The molecule has 1 atom stereocenters. The van der Waals surface area contributed by atoms with Crippen molar-refractivity contribution in [1.82, 2.24) is 4.98 Å². The van der Waals surface area contributed by atoms with Crippen molar-refractivity contribution < 1.29 is 32.2 Å². The van der Waals surface area contributed by atoms with Gasteiger partial charge < -0.3 is 14.3 Å². The molecule has 1 unspecified atom stereocenters. The molecule has 0 bridgehead atoms. The van der Waals surface area contributed by atoms with Gasteiger partial charge >= 0.3 is 12.1 Å². The Bertz CT molecular complexity index is 1350. The number of hydrogen-bond acceptors (Lipinski definition) is 5. The van der Waals surface area contributed by atoms with E-state index in [9.17, 15) is 18.0 Å². The van der Waals surface area contributed by atoms with E-state index in [0.29, 0.717) is 28.8 Å². The number of carbonyl (C=O) groups is 1. The third kappa shape index (κ3) is 5.62. The fourth-order valence-corrected chi connectivity index (χ4v) is 4.75. The average molecular weight is 502 g/mol. The number of carboxylic acid groups (broad SMARTS) is 1. The number of ether oxygens (including phenoxy) is 1. The zero-order valence-corrected chi connectivity index (χ0v) is 19.7. The van der Waals surface area contributed by atoms with Crippen LogP contribution >= 0.6 is 11.8 Å². The number of aromatic nitrogens is 1. The smallest absolute Gasteiger partial charge is 0.416 e. The van der Waals surface area contributed by atoms with Crippen LogP contribution in [0.1, 0.15) is 35.8 Å². The molecule has 1 N–H and O–H groups in total. The monoisotopic (exact) mass is 501 g/mol. The summed E-state index contributed by atoms with van der Waals surface area (Å²) < 4.78 is 50.0. The number of hydrogen-bond donors (Lipinski definition) is 1. The lowest BCUT2D eigenvalue weighted by Gasteiger charge is -2.14. The van der Waals surface area contributed by atoms with Gasteiger partial charge in [-0.2, -0.15) is 13.2 Å². The van der Waals surface area contributed by atoms with E-state index in [1.54, 1.807) is 23.9 Å². The topological polar surface area (TPSA) is 72.6 Å². The highest BCUT2D eigenvalue weighted by Crippen LogP contribution is 2.40. The summed E-state index contributed by atoms with van der Waals surface area (Å²) in [6.45, 7) is 3.60. The molecule has 4 rings (SSSR count). The van der Waals surface area contributed by atoms with Crippen molar-refractivity contribution in [2.75, 3.05) is 6.61 Å². The molecule has 0 saturated heterocycles. The Hall–Kier alpha value is -3.46. The van der Waals surface area contributed by atoms with Crippen LogP contribution in [0.15, 0.2) is 70.0 Å². The molecule has 5 nitrogen and oxygen atoms in total. The van der Waals surface area contributed by atoms with E-state index in [0.717, 1.165) is 28.2 Å². The summed E-state index contributed by atoms with van der Waals surface area (Å²) in [5.41, 5.74) is 2.75. The highest BCUT2D eigenvalue weighted by atomic mass is 32.2. The molecule has 4 aromatic rings. The molecule has 35 heavy (non-hydrogen) atoms. The van der Waals surface area contributed by atoms with Gasteiger partial charge in [0.1, 0.15) is 11.3 Å². The van der Waals surface area contributed by atoms with Crippen LogP contribution in [0.2, 0.25) is 0 Å². The fourth-order valence-electron chi connectivity index (χ4n) is 3.67. The van der Waals surface area contributed by atoms with Crippen LogP contribution in [0.4, 0.5) is 13.2 Å². The van der Waals surface area contributed by atoms with E-state index in [1.165, 1.54) is 12.1 Å². The first kappa shape index (κ1) is 24.7. The molecule has 0 spiro atoms. The number of benzene rings is 3. The molecular weight excluding hydrogens is 479 g/mol. The van der Waals surface area contributed by atoms with Crippen LogP contribution in [0.3, 0.4) is 0 Å². The van der Waals surface area contributed by atoms with E-state index in [4.69, 9.17) is 14.3 Å². The van der Waals surface area contributed by atoms with Crippen molar-refractivity contribution in [1.29, 1.82) is 0 Å². The number of carboxylic acids is 1. The second kappa shape index (κ2) is 10.0. The Morgan fingerprint density at radius 2 is 1.89 bits per heavy atom. The SMILES string of the molecule is CCc1cc(SC(C)c2cccc3nc(-c4ccc(C(F)(F)F)cc4)oc23)ccc1OCC(=O)O. The number of aliphatic carboxylic acids is 1. The first-order valence-electron chi connectivity index (χ1n) is 10.9. The second-order valence-electron chi connectivity index (χ2n) is 7.86. The Morgan fingerprint density at radius 3 is 2.54 bits per heavy atom. The number of oxazole rings is 1. The van der Waals surface area contributed by atoms with Crippen molar-refractivity contribution in [3.8, 4) is 17.2 Å². The fraction of sp³-hybridized carbons (Fsp3) is 0.231. The van der Waals surface area contributed by atoms with Crippen LogP contribution in [0, 0.1) is 0 Å². The zero-order chi connectivity index (χ0) is 25.2. The van der Waals surface area contributed by atoms with Gasteiger partial charge in [-0.15, -0.1) is 11.8 Å². The minimum atomic E-state index is -4.40. The number of rotatable bonds is 8. The van der Waals surface area contributed by atoms with Crippen molar-refractivity contribution in [2.45, 2.75) is 36.6 Å². The molecule has 182 valence electrons. The van der Waals surface area contributed by atoms with Crippen LogP contribution < -0.4 is 4.74 Å². The normalized spacial score (nSPS) is 12.6. The first-order chi connectivity index (χ1) is 16.7. The quantitative estimate of drug-likeness (QED) is 0.254. The molecule has 1 aromatic heterocycles. The van der Waals surface area contributed by atoms with Gasteiger partial charge in [-0.05, 0) is 67.4 Å². The predicted octanol–water partition coefficient (Wildman–Crippen LogP) is 7.39. The van der Waals surface area contributed by atoms with Gasteiger partial charge in [0.25, 0.3) is 0 Å². The second-order valence-corrected chi connectivity index (χ2v) is 9.27. The highest BCUT2D eigenvalue weighted by molar-refractivity contribution is 7.99. The molecule has 0 radical (unpaired) electrons. The summed E-state index contributed by atoms with van der Waals surface area (Å²) in [4.78, 5) is 16.3. The number of halogens is 3. The standard InChI is InChI=1S/C26H22F3NO4S/c1-3-16-13-19(11-12-22(16)33-14-23(31)32)35-15(2)20-5-4-6-21-24(20)34-25(30-21)17-7-9-18(10-8-17)26(27,28)29/h4-13,15H,3,14H2,1-2H3,(H,31,32). The lowest BCUT2D eigenvalue weighted by atomic mass is 10.1. The van der Waals surface area contributed by atoms with Gasteiger partial charge in [0.15, 0.2) is 12.2 Å². The summed E-state index contributed by atoms with van der Waals surface area (Å²) in [6, 6.07) is 16.0. The molecule has 0 amide bonds. The molecule has 0 aliphatic heterocycles. The van der Waals surface area contributed by atoms with Crippen molar-refractivity contribution in [3.05, 3.63) is 77.4 Å². The Morgan fingerprint density at radius 1 is 1.14 bits per heavy atom. The van der Waals surface area contributed by atoms with Crippen molar-refractivity contribution in [2.24, 2.45) is 0 Å². The molecule has 3 aromatic carbocycles. The summed E-state index contributed by atoms with van der Waals surface area (Å²) in [5.74, 6) is -0.230. The number of alkyl halides is 3. The van der Waals surface area contributed by atoms with E-state index >= 15 is 0 Å². The molecule has 9 heteroatoms. The van der Waals surface area contributed by atoms with Gasteiger partial charge in [0.2, 0.25) is 5.89 Å². The molecule has 0 saturated carbocycles. The summed E-state index contributed by atoms with van der Waals surface area (Å²) in [6.07, 6.45) is -3.72. The highest BCUT2D eigenvalue weighted by Gasteiger charge is 2.30. The molecule has 0 fully saturated rings. The van der Waals surface area contributed by atoms with Crippen molar-refractivity contribution in [3.63, 3.8) is 0 Å². The minimum absolute atomic E-state index is 0.0254. The predicted molar refractivity (Wildman–Crippen MR) is 128 cm³/mol. The number of nitrogens with zero attached hydrogens (tertiary/aromatic N) is 1. The molecule has 0 aliphatic rings. The van der Waals surface area contributed by atoms with E-state index in [-0.39, 0.29) is 11.1 Å². The maximum absolute atomic E-state index is 12.9. The average Bonchev–Trinajstić information content (AvgIpc) is 3.27. The number of aryl methyl sites for hydroxylation is 1. The Balaban J connectivity index is 1.58. The third-order valence-corrected chi connectivity index (χ3v) is 6.55. The Labute approximate surface area is 203 Å². The maximum Gasteiger partial charge on any atom is 0.416 e. The van der Waals surface area contributed by atoms with Gasteiger partial charge in [-0.1, -0.05) is 19.1 Å². The lowest BCUT2D eigenvalue weighted by Crippen LogP contribution is -2.10. The number of thioether (sulfide) groups is 1. The van der Waals surface area contributed by atoms with Crippen LogP contribution in [-0.4, -0.2) is 22.7 Å². The third-order valence-electron chi connectivity index (χ3n) is 5.42. The Kier molecular flexibility index (Phi) is 7.07. The first-order valence-corrected chi connectivity index (χ1v) is 11.7. The number of para-hydroxylation sites is 1. The van der Waals surface area contributed by atoms with E-state index < -0.39 is 24.3 Å². The minimum Gasteiger partial charge on any atom is -0.482 e. The summed E-state index contributed by atoms with van der Waals surface area (Å²) in [5, 5.41) is 8.83. The van der Waals surface area contributed by atoms with Gasteiger partial charge in [-0.3, -0.25) is 0 Å². The van der Waals surface area contributed by atoms with Crippen LogP contribution in [0.25, 0.3) is 22.6 Å². The van der Waals surface area contributed by atoms with Gasteiger partial charge in [0, 0.05) is 21.3 Å². The van der Waals surface area contributed by atoms with Gasteiger partial charge in [-0.25, -0.2) is 9.78 Å². The zero-order valence-electron chi connectivity index (χ0n) is 18.9. The van der Waals surface area contributed by atoms with Crippen molar-refractivity contribution >= 4 is 28.8 Å². The summed E-state index contributed by atoms with van der Waals surface area (Å²) >= 11 is 1.60. The largest absolute Gasteiger partial charge is 0.482 e. The van der Waals surface area contributed by atoms with Crippen LogP contribution in [0.5, 0.6) is 5.75 Å². The van der Waals surface area contributed by atoms with Gasteiger partial charge in [0.05, 0.1) is 5.56 Å². The lowest BCUT2D eigenvalue weighted by molar-refractivity contribution is -0.139. The maximum atomic E-state index is 12.9. The summed E-state index contributed by atoms with van der Waals surface area (Å²) in [7, 11) is 0. The molecule has 1 heterocycles. The molecular formula is C26H22F3NO4S. The van der Waals surface area contributed by atoms with E-state index in [1.807, 2.05) is 38.1 Å². The molecule has 0 aliphatic carbocycles. The number of fused-ring (bicyclic) bond motifs is 1. The van der Waals surface area contributed by atoms with Crippen LogP contribution in [-0.2, 0) is 17.4 Å².